The van der Waals surface area contributed by atoms with Crippen LogP contribution in [0.15, 0.2) is 30.3 Å². The Kier molecular flexibility index (Phi) is 6.08. The zero-order valence-electron chi connectivity index (χ0n) is 10.2. The van der Waals surface area contributed by atoms with E-state index in [1.807, 2.05) is 37.3 Å². The summed E-state index contributed by atoms with van der Waals surface area (Å²) >= 11 is 1.77. The molecule has 1 aromatic carbocycles. The maximum absolute atomic E-state index is 11.2. The van der Waals surface area contributed by atoms with Crippen LogP contribution in [0, 0.1) is 0 Å². The standard InChI is InChI=1S/C13H19NO2S/c1-10(8-9-17-2)14-12(13(15)16)11-6-4-3-5-7-11/h3-7,10,12,14H,8-9H2,1-2H3,(H,15,16). The monoisotopic (exact) mass is 253 g/mol. The lowest BCUT2D eigenvalue weighted by molar-refractivity contribution is -0.139. The van der Waals surface area contributed by atoms with Crippen LogP contribution in [-0.4, -0.2) is 29.1 Å². The Bertz CT molecular complexity index is 343. The second-order valence-electron chi connectivity index (χ2n) is 4.03. The van der Waals surface area contributed by atoms with E-state index in [4.69, 9.17) is 0 Å². The highest BCUT2D eigenvalue weighted by molar-refractivity contribution is 7.98. The molecule has 0 aromatic heterocycles. The minimum atomic E-state index is -0.827. The van der Waals surface area contributed by atoms with E-state index in [1.165, 1.54) is 0 Å². The summed E-state index contributed by atoms with van der Waals surface area (Å²) in [6, 6.07) is 8.87. The third-order valence-electron chi connectivity index (χ3n) is 2.59. The zero-order chi connectivity index (χ0) is 12.7. The Morgan fingerprint density at radius 3 is 2.59 bits per heavy atom. The average molecular weight is 253 g/mol. The molecule has 0 amide bonds. The first-order chi connectivity index (χ1) is 8.15. The van der Waals surface area contributed by atoms with E-state index in [9.17, 15) is 9.90 Å². The van der Waals surface area contributed by atoms with Gasteiger partial charge in [0.15, 0.2) is 0 Å². The Balaban J connectivity index is 2.65. The summed E-state index contributed by atoms with van der Waals surface area (Å²) in [6.07, 6.45) is 3.02. The van der Waals surface area contributed by atoms with Crippen LogP contribution in [0.3, 0.4) is 0 Å². The first kappa shape index (κ1) is 14.1. The minimum absolute atomic E-state index is 0.198. The highest BCUT2D eigenvalue weighted by Gasteiger charge is 2.20. The second-order valence-corrected chi connectivity index (χ2v) is 5.02. The topological polar surface area (TPSA) is 49.3 Å². The molecule has 0 aliphatic rings. The van der Waals surface area contributed by atoms with Crippen LogP contribution in [0.4, 0.5) is 0 Å². The van der Waals surface area contributed by atoms with Crippen LogP contribution in [-0.2, 0) is 4.79 Å². The number of aliphatic carboxylic acids is 1. The van der Waals surface area contributed by atoms with E-state index >= 15 is 0 Å². The predicted molar refractivity (Wildman–Crippen MR) is 72.4 cm³/mol. The number of rotatable bonds is 7. The van der Waals surface area contributed by atoms with Crippen molar-refractivity contribution in [3.8, 4) is 0 Å². The molecule has 0 saturated carbocycles. The van der Waals surface area contributed by atoms with Crippen molar-refractivity contribution in [2.24, 2.45) is 0 Å². The van der Waals surface area contributed by atoms with Crippen molar-refractivity contribution in [3.05, 3.63) is 35.9 Å². The first-order valence-electron chi connectivity index (χ1n) is 5.68. The largest absolute Gasteiger partial charge is 0.480 e. The van der Waals surface area contributed by atoms with E-state index in [0.717, 1.165) is 17.7 Å². The molecule has 2 unspecified atom stereocenters. The lowest BCUT2D eigenvalue weighted by Gasteiger charge is -2.20. The second kappa shape index (κ2) is 7.35. The number of carbonyl (C=O) groups is 1. The maximum atomic E-state index is 11.2. The number of nitrogens with one attached hydrogen (secondary N) is 1. The molecule has 0 saturated heterocycles. The molecule has 2 atom stereocenters. The fourth-order valence-corrected chi connectivity index (χ4v) is 2.21. The van der Waals surface area contributed by atoms with Crippen molar-refractivity contribution in [2.45, 2.75) is 25.4 Å². The van der Waals surface area contributed by atoms with Crippen molar-refractivity contribution in [1.29, 1.82) is 0 Å². The van der Waals surface area contributed by atoms with Gasteiger partial charge in [-0.1, -0.05) is 30.3 Å². The molecule has 0 fully saturated rings. The Morgan fingerprint density at radius 2 is 2.06 bits per heavy atom. The molecule has 0 bridgehead atoms. The SMILES string of the molecule is CSCCC(C)NC(C(=O)O)c1ccccc1. The molecule has 0 heterocycles. The number of carboxylic acid groups (broad SMARTS) is 1. The minimum Gasteiger partial charge on any atom is -0.480 e. The summed E-state index contributed by atoms with van der Waals surface area (Å²) in [7, 11) is 0. The molecule has 4 heteroatoms. The van der Waals surface area contributed by atoms with Gasteiger partial charge in [-0.25, -0.2) is 0 Å². The van der Waals surface area contributed by atoms with E-state index < -0.39 is 12.0 Å². The van der Waals surface area contributed by atoms with Gasteiger partial charge in [0.2, 0.25) is 0 Å². The maximum Gasteiger partial charge on any atom is 0.325 e. The van der Waals surface area contributed by atoms with E-state index in [0.29, 0.717) is 0 Å². The summed E-state index contributed by atoms with van der Waals surface area (Å²) < 4.78 is 0. The van der Waals surface area contributed by atoms with E-state index in [2.05, 4.69) is 11.6 Å². The fraction of sp³-hybridized carbons (Fsp3) is 0.462. The highest BCUT2D eigenvalue weighted by atomic mass is 32.2. The van der Waals surface area contributed by atoms with Gasteiger partial charge in [0.1, 0.15) is 6.04 Å². The van der Waals surface area contributed by atoms with Crippen molar-refractivity contribution in [2.75, 3.05) is 12.0 Å². The van der Waals surface area contributed by atoms with Crippen LogP contribution in [0.5, 0.6) is 0 Å². The number of hydrogen-bond donors (Lipinski definition) is 2. The quantitative estimate of drug-likeness (QED) is 0.784. The van der Waals surface area contributed by atoms with Crippen LogP contribution < -0.4 is 5.32 Å². The molecule has 94 valence electrons. The first-order valence-corrected chi connectivity index (χ1v) is 7.07. The zero-order valence-corrected chi connectivity index (χ0v) is 11.0. The Hall–Kier alpha value is -1.00. The number of benzene rings is 1. The van der Waals surface area contributed by atoms with Crippen LogP contribution in [0.1, 0.15) is 24.9 Å². The molecule has 1 aromatic rings. The lowest BCUT2D eigenvalue weighted by atomic mass is 10.1. The predicted octanol–water partition coefficient (Wildman–Crippen LogP) is 2.54. The smallest absolute Gasteiger partial charge is 0.325 e. The molecule has 2 N–H and O–H groups in total. The molecule has 0 aliphatic heterocycles. The summed E-state index contributed by atoms with van der Waals surface area (Å²) in [6.45, 7) is 2.02. The summed E-state index contributed by atoms with van der Waals surface area (Å²) in [4.78, 5) is 11.2. The number of carboxylic acids is 1. The molecule has 1 rings (SSSR count). The summed E-state index contributed by atoms with van der Waals surface area (Å²) in [5.41, 5.74) is 0.802. The van der Waals surface area contributed by atoms with Gasteiger partial charge in [-0.2, -0.15) is 11.8 Å². The Morgan fingerprint density at radius 1 is 1.41 bits per heavy atom. The third-order valence-corrected chi connectivity index (χ3v) is 3.23. The van der Waals surface area contributed by atoms with Gasteiger partial charge in [-0.05, 0) is 30.9 Å². The van der Waals surface area contributed by atoms with Crippen molar-refractivity contribution >= 4 is 17.7 Å². The van der Waals surface area contributed by atoms with Gasteiger partial charge < -0.3 is 5.11 Å². The van der Waals surface area contributed by atoms with Crippen molar-refractivity contribution in [1.82, 2.24) is 5.32 Å². The average Bonchev–Trinajstić information content (AvgIpc) is 2.34. The van der Waals surface area contributed by atoms with Crippen LogP contribution in [0.25, 0.3) is 0 Å². The molecule has 0 aliphatic carbocycles. The summed E-state index contributed by atoms with van der Waals surface area (Å²) in [5.74, 6) is 0.210. The summed E-state index contributed by atoms with van der Waals surface area (Å²) in [5, 5.41) is 12.4. The van der Waals surface area contributed by atoms with E-state index in [-0.39, 0.29) is 6.04 Å². The molecule has 3 nitrogen and oxygen atoms in total. The number of thioether (sulfide) groups is 1. The molecule has 17 heavy (non-hydrogen) atoms. The molecule has 0 radical (unpaired) electrons. The van der Waals surface area contributed by atoms with E-state index in [1.54, 1.807) is 11.8 Å². The van der Waals surface area contributed by atoms with Gasteiger partial charge in [0.25, 0.3) is 0 Å². The van der Waals surface area contributed by atoms with Crippen molar-refractivity contribution in [3.63, 3.8) is 0 Å². The van der Waals surface area contributed by atoms with Gasteiger partial charge in [-0.15, -0.1) is 0 Å². The third kappa shape index (κ3) is 4.79. The lowest BCUT2D eigenvalue weighted by Crippen LogP contribution is -2.35. The fourth-order valence-electron chi connectivity index (χ4n) is 1.62. The van der Waals surface area contributed by atoms with Crippen LogP contribution >= 0.6 is 11.8 Å². The van der Waals surface area contributed by atoms with Gasteiger partial charge in [0.05, 0.1) is 0 Å². The molecular weight excluding hydrogens is 234 g/mol. The molecular formula is C13H19NO2S. The van der Waals surface area contributed by atoms with Gasteiger partial charge in [0, 0.05) is 6.04 Å². The van der Waals surface area contributed by atoms with Gasteiger partial charge >= 0.3 is 5.97 Å². The van der Waals surface area contributed by atoms with Gasteiger partial charge in [-0.3, -0.25) is 10.1 Å². The van der Waals surface area contributed by atoms with Crippen molar-refractivity contribution < 1.29 is 9.90 Å². The normalized spacial score (nSPS) is 14.2. The van der Waals surface area contributed by atoms with Crippen LogP contribution in [0.2, 0.25) is 0 Å². The highest BCUT2D eigenvalue weighted by Crippen LogP contribution is 2.14. The molecule has 0 spiro atoms. The Labute approximate surface area is 107 Å². The number of hydrogen-bond acceptors (Lipinski definition) is 3.